The minimum Gasteiger partial charge on any atom is -0.495 e. The van der Waals surface area contributed by atoms with Crippen LogP contribution in [0.3, 0.4) is 0 Å². The highest BCUT2D eigenvalue weighted by atomic mass is 35.5. The third kappa shape index (κ3) is 4.16. The number of nitrogens with zero attached hydrogens (tertiary/aromatic N) is 2. The van der Waals surface area contributed by atoms with Gasteiger partial charge in [0.2, 0.25) is 0 Å². The third-order valence-electron chi connectivity index (χ3n) is 7.27. The predicted molar refractivity (Wildman–Crippen MR) is 148 cm³/mol. The van der Waals surface area contributed by atoms with Gasteiger partial charge in [-0.3, -0.25) is 0 Å². The Morgan fingerprint density at radius 2 is 1.78 bits per heavy atom. The van der Waals surface area contributed by atoms with Gasteiger partial charge in [-0.1, -0.05) is 41.9 Å². The molecule has 0 spiro atoms. The number of benzene rings is 2. The van der Waals surface area contributed by atoms with Gasteiger partial charge in [-0.2, -0.15) is 0 Å². The molecule has 2 aliphatic rings. The Hall–Kier alpha value is -3.42. The average Bonchev–Trinajstić information content (AvgIpc) is 3.51. The highest BCUT2D eigenvalue weighted by Crippen LogP contribution is 2.44. The number of amides is 2. The first-order valence-electron chi connectivity index (χ1n) is 12.4. The highest BCUT2D eigenvalue weighted by Gasteiger charge is 2.36. The first kappa shape index (κ1) is 23.9. The molecule has 0 bridgehead atoms. The summed E-state index contributed by atoms with van der Waals surface area (Å²) < 4.78 is 13.2. The molecule has 2 aromatic heterocycles. The minimum atomic E-state index is -0.269. The SMILES string of the molecule is COc1cc(OC)c(NC(=O)N2Cc3c(sc4c3CCCC4)-n3cccc3[C@@H]2c2ccccc2)cc1Cl. The van der Waals surface area contributed by atoms with Crippen molar-refractivity contribution in [1.29, 1.82) is 0 Å². The Bertz CT molecular complexity index is 1460. The highest BCUT2D eigenvalue weighted by molar-refractivity contribution is 7.15. The molecule has 1 atom stereocenters. The summed E-state index contributed by atoms with van der Waals surface area (Å²) in [7, 11) is 3.11. The van der Waals surface area contributed by atoms with E-state index in [1.165, 1.54) is 33.8 Å². The van der Waals surface area contributed by atoms with Gasteiger partial charge in [-0.05, 0) is 55.0 Å². The van der Waals surface area contributed by atoms with Gasteiger partial charge in [0, 0.05) is 22.7 Å². The van der Waals surface area contributed by atoms with E-state index in [1.54, 1.807) is 26.4 Å². The lowest BCUT2D eigenvalue weighted by Gasteiger charge is -2.31. The van der Waals surface area contributed by atoms with E-state index in [4.69, 9.17) is 21.1 Å². The maximum Gasteiger partial charge on any atom is 0.323 e. The standard InChI is InChI=1S/C29H28ClN3O3S/c1-35-24-16-25(36-2)22(15-21(24)30)31-29(34)33-17-20-19-11-6-7-13-26(19)37-28(20)32-14-8-12-23(32)27(33)18-9-4-3-5-10-18/h3-5,8-10,12,14-16,27H,6-7,11,13,17H2,1-2H3,(H,31,34)/t27-/m0/s1. The number of anilines is 1. The van der Waals surface area contributed by atoms with Crippen molar-refractivity contribution in [2.45, 2.75) is 38.3 Å². The zero-order chi connectivity index (χ0) is 25.5. The fraction of sp³-hybridized carbons (Fsp3) is 0.276. The number of hydrogen-bond donors (Lipinski definition) is 1. The number of urea groups is 1. The lowest BCUT2D eigenvalue weighted by atomic mass is 9.95. The molecule has 0 radical (unpaired) electrons. The van der Waals surface area contributed by atoms with E-state index in [1.807, 2.05) is 34.4 Å². The molecule has 190 valence electrons. The van der Waals surface area contributed by atoms with Crippen LogP contribution in [-0.4, -0.2) is 29.7 Å². The average molecular weight is 534 g/mol. The normalized spacial score (nSPS) is 16.3. The number of thiophene rings is 1. The molecular weight excluding hydrogens is 506 g/mol. The molecule has 1 aliphatic heterocycles. The monoisotopic (exact) mass is 533 g/mol. The maximum absolute atomic E-state index is 14.1. The first-order chi connectivity index (χ1) is 18.1. The summed E-state index contributed by atoms with van der Waals surface area (Å²) in [4.78, 5) is 17.5. The van der Waals surface area contributed by atoms with Gasteiger partial charge in [-0.25, -0.2) is 4.79 Å². The van der Waals surface area contributed by atoms with Gasteiger partial charge in [0.05, 0.1) is 43.2 Å². The second-order valence-corrected chi connectivity index (χ2v) is 10.8. The van der Waals surface area contributed by atoms with Crippen LogP contribution in [0, 0.1) is 0 Å². The number of carbonyl (C=O) groups excluding carboxylic acids is 1. The molecule has 0 saturated carbocycles. The lowest BCUT2D eigenvalue weighted by molar-refractivity contribution is 0.194. The van der Waals surface area contributed by atoms with E-state index in [2.05, 4.69) is 40.3 Å². The number of aromatic nitrogens is 1. The second kappa shape index (κ2) is 9.80. The lowest BCUT2D eigenvalue weighted by Crippen LogP contribution is -2.38. The summed E-state index contributed by atoms with van der Waals surface area (Å²) in [6.07, 6.45) is 6.70. The quantitative estimate of drug-likeness (QED) is 0.301. The number of carbonyl (C=O) groups is 1. The summed E-state index contributed by atoms with van der Waals surface area (Å²) >= 11 is 8.29. The van der Waals surface area contributed by atoms with Crippen LogP contribution in [0.5, 0.6) is 11.5 Å². The van der Waals surface area contributed by atoms with Gasteiger partial charge < -0.3 is 24.3 Å². The molecule has 0 fully saturated rings. The van der Waals surface area contributed by atoms with Crippen LogP contribution in [0.2, 0.25) is 5.02 Å². The van der Waals surface area contributed by atoms with Crippen LogP contribution >= 0.6 is 22.9 Å². The van der Waals surface area contributed by atoms with E-state index in [0.29, 0.717) is 28.8 Å². The largest absolute Gasteiger partial charge is 0.495 e. The fourth-order valence-corrected chi connectivity index (χ4v) is 7.16. The number of nitrogens with one attached hydrogen (secondary N) is 1. The molecule has 2 amide bonds. The number of methoxy groups -OCH3 is 2. The van der Waals surface area contributed by atoms with Gasteiger partial charge in [0.15, 0.2) is 0 Å². The van der Waals surface area contributed by atoms with Crippen molar-refractivity contribution in [3.63, 3.8) is 0 Å². The molecule has 37 heavy (non-hydrogen) atoms. The molecule has 6 nitrogen and oxygen atoms in total. The minimum absolute atomic E-state index is 0.218. The number of halogens is 1. The number of ether oxygens (including phenoxy) is 2. The Labute approximate surface area is 225 Å². The molecule has 0 saturated heterocycles. The Morgan fingerprint density at radius 3 is 2.57 bits per heavy atom. The van der Waals surface area contributed by atoms with Crippen molar-refractivity contribution in [1.82, 2.24) is 9.47 Å². The van der Waals surface area contributed by atoms with Crippen molar-refractivity contribution in [3.8, 4) is 16.5 Å². The van der Waals surface area contributed by atoms with Crippen LogP contribution in [0.15, 0.2) is 60.8 Å². The molecule has 0 unspecified atom stereocenters. The van der Waals surface area contributed by atoms with E-state index in [9.17, 15) is 4.79 Å². The summed E-state index contributed by atoms with van der Waals surface area (Å²) in [5, 5.41) is 4.72. The van der Waals surface area contributed by atoms with Crippen LogP contribution in [-0.2, 0) is 19.4 Å². The molecule has 4 aromatic rings. The third-order valence-corrected chi connectivity index (χ3v) is 8.90. The smallest absolute Gasteiger partial charge is 0.323 e. The van der Waals surface area contributed by atoms with Crippen LogP contribution in [0.1, 0.15) is 46.1 Å². The van der Waals surface area contributed by atoms with E-state index in [-0.39, 0.29) is 12.1 Å². The topological polar surface area (TPSA) is 55.7 Å². The molecule has 8 heteroatoms. The summed E-state index contributed by atoms with van der Waals surface area (Å²) in [5.41, 5.74) is 5.30. The zero-order valence-electron chi connectivity index (χ0n) is 20.8. The maximum atomic E-state index is 14.1. The van der Waals surface area contributed by atoms with Crippen molar-refractivity contribution in [2.24, 2.45) is 0 Å². The summed E-state index contributed by atoms with van der Waals surface area (Å²) in [6.45, 7) is 0.514. The van der Waals surface area contributed by atoms with Crippen molar-refractivity contribution in [2.75, 3.05) is 19.5 Å². The predicted octanol–water partition coefficient (Wildman–Crippen LogP) is 7.23. The van der Waals surface area contributed by atoms with E-state index in [0.717, 1.165) is 24.1 Å². The van der Waals surface area contributed by atoms with E-state index >= 15 is 0 Å². The van der Waals surface area contributed by atoms with Crippen molar-refractivity contribution >= 4 is 34.7 Å². The van der Waals surface area contributed by atoms with Crippen LogP contribution in [0.4, 0.5) is 10.5 Å². The molecule has 1 N–H and O–H groups in total. The number of fused-ring (bicyclic) bond motifs is 5. The molecular formula is C29H28ClN3O3S. The second-order valence-electron chi connectivity index (χ2n) is 9.36. The molecule has 6 rings (SSSR count). The first-order valence-corrected chi connectivity index (χ1v) is 13.6. The summed E-state index contributed by atoms with van der Waals surface area (Å²) in [6, 6.07) is 17.3. The zero-order valence-corrected chi connectivity index (χ0v) is 22.4. The Kier molecular flexibility index (Phi) is 6.34. The fourth-order valence-electron chi connectivity index (χ4n) is 5.52. The van der Waals surface area contributed by atoms with Crippen LogP contribution < -0.4 is 14.8 Å². The summed E-state index contributed by atoms with van der Waals surface area (Å²) in [5.74, 6) is 0.971. The van der Waals surface area contributed by atoms with Crippen molar-refractivity contribution in [3.05, 3.63) is 93.1 Å². The number of hydrogen-bond acceptors (Lipinski definition) is 4. The van der Waals surface area contributed by atoms with E-state index < -0.39 is 0 Å². The van der Waals surface area contributed by atoms with Gasteiger partial charge in [0.25, 0.3) is 0 Å². The molecule has 2 aromatic carbocycles. The molecule has 3 heterocycles. The van der Waals surface area contributed by atoms with Gasteiger partial charge in [0.1, 0.15) is 16.5 Å². The Balaban J connectivity index is 1.47. The number of rotatable bonds is 4. The van der Waals surface area contributed by atoms with Gasteiger partial charge in [-0.15, -0.1) is 11.3 Å². The number of aryl methyl sites for hydroxylation is 1. The van der Waals surface area contributed by atoms with Crippen LogP contribution in [0.25, 0.3) is 5.00 Å². The van der Waals surface area contributed by atoms with Gasteiger partial charge >= 0.3 is 6.03 Å². The molecule has 1 aliphatic carbocycles. The Morgan fingerprint density at radius 1 is 1.00 bits per heavy atom. The van der Waals surface area contributed by atoms with Crippen molar-refractivity contribution < 1.29 is 14.3 Å².